The average molecular weight is 292 g/mol. The molecule has 0 radical (unpaired) electrons. The lowest BCUT2D eigenvalue weighted by Crippen LogP contribution is -2.16. The summed E-state index contributed by atoms with van der Waals surface area (Å²) in [4.78, 5) is 7.31. The van der Waals surface area contributed by atoms with Crippen LogP contribution in [-0.4, -0.2) is 31.9 Å². The molecule has 3 heterocycles. The van der Waals surface area contributed by atoms with Gasteiger partial charge in [-0.25, -0.2) is 0 Å². The Labute approximate surface area is 119 Å². The van der Waals surface area contributed by atoms with E-state index in [9.17, 15) is 0 Å². The fraction of sp³-hybridized carbons (Fsp3) is 0.417. The van der Waals surface area contributed by atoms with Crippen molar-refractivity contribution in [2.45, 2.75) is 17.4 Å². The van der Waals surface area contributed by atoms with Crippen LogP contribution >= 0.6 is 23.5 Å². The van der Waals surface area contributed by atoms with Gasteiger partial charge in [0.05, 0.1) is 10.8 Å². The minimum Gasteiger partial charge on any atom is -0.352 e. The molecule has 1 saturated heterocycles. The van der Waals surface area contributed by atoms with Gasteiger partial charge in [-0.15, -0.1) is 11.8 Å². The Balaban J connectivity index is 1.84. The Hall–Kier alpha value is -1.39. The zero-order valence-electron chi connectivity index (χ0n) is 10.3. The summed E-state index contributed by atoms with van der Waals surface area (Å²) in [6.45, 7) is 2.20. The maximum atomic E-state index is 8.79. The fourth-order valence-electron chi connectivity index (χ4n) is 1.97. The molecular weight excluding hydrogens is 280 g/mol. The zero-order chi connectivity index (χ0) is 13.2. The highest BCUT2D eigenvalue weighted by molar-refractivity contribution is 8.06. The van der Waals surface area contributed by atoms with E-state index in [0.29, 0.717) is 16.8 Å². The number of thioether (sulfide) groups is 2. The van der Waals surface area contributed by atoms with Crippen LogP contribution in [0.1, 0.15) is 23.7 Å². The van der Waals surface area contributed by atoms with E-state index >= 15 is 0 Å². The van der Waals surface area contributed by atoms with Crippen LogP contribution in [0.15, 0.2) is 16.8 Å². The van der Waals surface area contributed by atoms with Gasteiger partial charge in [-0.2, -0.15) is 22.0 Å². The molecule has 2 atom stereocenters. The van der Waals surface area contributed by atoms with Crippen LogP contribution in [0.3, 0.4) is 0 Å². The summed E-state index contributed by atoms with van der Waals surface area (Å²) < 4.78 is 5.30. The van der Waals surface area contributed by atoms with Gasteiger partial charge in [-0.1, -0.05) is 12.1 Å². The summed E-state index contributed by atoms with van der Waals surface area (Å²) >= 11 is 3.82. The summed E-state index contributed by atoms with van der Waals surface area (Å²) in [5.41, 5.74) is 1.25. The molecule has 1 fully saturated rings. The second kappa shape index (κ2) is 5.31. The van der Waals surface area contributed by atoms with Crippen molar-refractivity contribution in [3.63, 3.8) is 0 Å². The molecule has 19 heavy (non-hydrogen) atoms. The summed E-state index contributed by atoms with van der Waals surface area (Å²) in [6.07, 6.45) is 1.71. The van der Waals surface area contributed by atoms with Crippen molar-refractivity contribution in [1.29, 1.82) is 5.26 Å². The maximum Gasteiger partial charge on any atom is 0.259 e. The third-order valence-electron chi connectivity index (χ3n) is 2.93. The molecule has 2 unspecified atom stereocenters. The summed E-state index contributed by atoms with van der Waals surface area (Å²) in [5.74, 6) is 3.51. The Morgan fingerprint density at radius 3 is 3.05 bits per heavy atom. The number of aromatic amines is 1. The van der Waals surface area contributed by atoms with Crippen LogP contribution in [0.2, 0.25) is 0 Å². The largest absolute Gasteiger partial charge is 0.352 e. The van der Waals surface area contributed by atoms with Gasteiger partial charge in [-0.05, 0) is 6.07 Å². The van der Waals surface area contributed by atoms with E-state index in [1.165, 1.54) is 5.75 Å². The molecule has 1 N–H and O–H groups in total. The number of hydrogen-bond acceptors (Lipinski definition) is 6. The topological polar surface area (TPSA) is 78.5 Å². The second-order valence-electron chi connectivity index (χ2n) is 4.24. The molecule has 2 aromatic rings. The summed E-state index contributed by atoms with van der Waals surface area (Å²) in [5, 5.41) is 13.6. The molecule has 0 amide bonds. The monoisotopic (exact) mass is 292 g/mol. The maximum absolute atomic E-state index is 8.79. The Bertz CT molecular complexity index is 615. The van der Waals surface area contributed by atoms with Crippen LogP contribution in [0.25, 0.3) is 11.5 Å². The smallest absolute Gasteiger partial charge is 0.259 e. The molecule has 0 bridgehead atoms. The minimum atomic E-state index is 0.283. The molecule has 0 saturated carbocycles. The third-order valence-corrected chi connectivity index (χ3v) is 6.02. The molecule has 0 aliphatic carbocycles. The van der Waals surface area contributed by atoms with Crippen molar-refractivity contribution >= 4 is 23.5 Å². The van der Waals surface area contributed by atoms with Gasteiger partial charge in [0, 0.05) is 23.0 Å². The highest BCUT2D eigenvalue weighted by Gasteiger charge is 2.28. The predicted octanol–water partition coefficient (Wildman–Crippen LogP) is 2.85. The molecular formula is C12H12N4OS2. The lowest BCUT2D eigenvalue weighted by Gasteiger charge is -2.24. The molecule has 0 aromatic carbocycles. The van der Waals surface area contributed by atoms with E-state index in [-0.39, 0.29) is 5.25 Å². The third kappa shape index (κ3) is 2.51. The SMILES string of the molecule is CC1SCCSC1c1noc(-c2c[nH]c(C#N)c2)n1. The van der Waals surface area contributed by atoms with Crippen molar-refractivity contribution in [2.75, 3.05) is 11.5 Å². The molecule has 5 nitrogen and oxygen atoms in total. The quantitative estimate of drug-likeness (QED) is 0.917. The van der Waals surface area contributed by atoms with Crippen LogP contribution in [0.4, 0.5) is 0 Å². The number of rotatable bonds is 2. The van der Waals surface area contributed by atoms with E-state index in [1.54, 1.807) is 12.3 Å². The average Bonchev–Trinajstić information content (AvgIpc) is 3.08. The highest BCUT2D eigenvalue weighted by Crippen LogP contribution is 2.41. The molecule has 0 spiro atoms. The molecule has 3 rings (SSSR count). The summed E-state index contributed by atoms with van der Waals surface area (Å²) in [7, 11) is 0. The first-order valence-electron chi connectivity index (χ1n) is 5.93. The van der Waals surface area contributed by atoms with E-state index in [4.69, 9.17) is 9.78 Å². The number of H-pyrrole nitrogens is 1. The van der Waals surface area contributed by atoms with E-state index in [1.807, 2.05) is 29.6 Å². The van der Waals surface area contributed by atoms with Crippen LogP contribution < -0.4 is 0 Å². The normalized spacial score (nSPS) is 23.2. The first kappa shape index (κ1) is 12.6. The second-order valence-corrected chi connectivity index (χ2v) is 6.97. The van der Waals surface area contributed by atoms with E-state index in [2.05, 4.69) is 22.0 Å². The van der Waals surface area contributed by atoms with Crippen molar-refractivity contribution in [2.24, 2.45) is 0 Å². The predicted molar refractivity (Wildman–Crippen MR) is 75.9 cm³/mol. The van der Waals surface area contributed by atoms with Gasteiger partial charge in [0.2, 0.25) is 0 Å². The van der Waals surface area contributed by atoms with Crippen molar-refractivity contribution in [3.8, 4) is 17.5 Å². The van der Waals surface area contributed by atoms with Crippen molar-refractivity contribution in [3.05, 3.63) is 23.8 Å². The molecule has 2 aromatic heterocycles. The van der Waals surface area contributed by atoms with Gasteiger partial charge in [0.1, 0.15) is 11.8 Å². The van der Waals surface area contributed by atoms with E-state index < -0.39 is 0 Å². The van der Waals surface area contributed by atoms with E-state index in [0.717, 1.165) is 17.1 Å². The zero-order valence-corrected chi connectivity index (χ0v) is 11.9. The molecule has 7 heteroatoms. The van der Waals surface area contributed by atoms with Gasteiger partial charge in [0.15, 0.2) is 5.82 Å². The molecule has 1 aliphatic heterocycles. The first-order chi connectivity index (χ1) is 9.28. The van der Waals surface area contributed by atoms with Crippen LogP contribution in [0, 0.1) is 11.3 Å². The highest BCUT2D eigenvalue weighted by atomic mass is 32.2. The van der Waals surface area contributed by atoms with Crippen molar-refractivity contribution < 1.29 is 4.52 Å². The minimum absolute atomic E-state index is 0.283. The van der Waals surface area contributed by atoms with Crippen LogP contribution in [-0.2, 0) is 0 Å². The van der Waals surface area contributed by atoms with Gasteiger partial charge in [0.25, 0.3) is 5.89 Å². The lowest BCUT2D eigenvalue weighted by atomic mass is 10.3. The number of hydrogen-bond donors (Lipinski definition) is 1. The Morgan fingerprint density at radius 1 is 1.47 bits per heavy atom. The van der Waals surface area contributed by atoms with Crippen LogP contribution in [0.5, 0.6) is 0 Å². The molecule has 98 valence electrons. The number of aromatic nitrogens is 3. The van der Waals surface area contributed by atoms with Gasteiger partial charge < -0.3 is 9.51 Å². The van der Waals surface area contributed by atoms with Gasteiger partial charge in [-0.3, -0.25) is 0 Å². The number of nitrogens with one attached hydrogen (secondary N) is 1. The standard InChI is InChI=1S/C12H12N4OS2/c1-7-10(19-3-2-18-7)11-15-12(17-16-11)8-4-9(5-13)14-6-8/h4,6-7,10,14H,2-3H2,1H3. The Kier molecular flexibility index (Phi) is 3.53. The summed E-state index contributed by atoms with van der Waals surface area (Å²) in [6, 6.07) is 3.75. The number of nitrogens with zero attached hydrogens (tertiary/aromatic N) is 3. The molecule has 1 aliphatic rings. The van der Waals surface area contributed by atoms with Crippen molar-refractivity contribution in [1.82, 2.24) is 15.1 Å². The van der Waals surface area contributed by atoms with Gasteiger partial charge >= 0.3 is 0 Å². The number of nitriles is 1. The fourth-order valence-corrected chi connectivity index (χ4v) is 4.65. The first-order valence-corrected chi connectivity index (χ1v) is 8.03. The Morgan fingerprint density at radius 2 is 2.32 bits per heavy atom. The lowest BCUT2D eigenvalue weighted by molar-refractivity contribution is 0.422.